The molecule has 0 unspecified atom stereocenters. The van der Waals surface area contributed by atoms with Crippen molar-refractivity contribution in [2.75, 3.05) is 37.9 Å². The molecule has 0 saturated heterocycles. The lowest BCUT2D eigenvalue weighted by Gasteiger charge is -2.24. The lowest BCUT2D eigenvalue weighted by Crippen LogP contribution is -2.39. The summed E-state index contributed by atoms with van der Waals surface area (Å²) in [4.78, 5) is 32.8. The number of amides is 1. The highest BCUT2D eigenvalue weighted by Gasteiger charge is 2.28. The van der Waals surface area contributed by atoms with Crippen LogP contribution in [0.5, 0.6) is 11.5 Å². The number of hydrogen-bond donors (Lipinski definition) is 0. The largest absolute Gasteiger partial charge is 0.454 e. The molecule has 0 aliphatic carbocycles. The maximum Gasteiger partial charge on any atom is 0.282 e. The van der Waals surface area contributed by atoms with Gasteiger partial charge in [-0.05, 0) is 19.2 Å². The van der Waals surface area contributed by atoms with Crippen LogP contribution in [0, 0.1) is 10.1 Å². The van der Waals surface area contributed by atoms with Gasteiger partial charge in [0.1, 0.15) is 5.56 Å². The van der Waals surface area contributed by atoms with Crippen molar-refractivity contribution in [3.8, 4) is 11.5 Å². The molecule has 0 bridgehead atoms. The zero-order chi connectivity index (χ0) is 22.0. The summed E-state index contributed by atoms with van der Waals surface area (Å²) in [7, 11) is 0. The molecule has 162 valence electrons. The van der Waals surface area contributed by atoms with E-state index in [1.807, 2.05) is 6.07 Å². The van der Waals surface area contributed by atoms with Gasteiger partial charge in [0.25, 0.3) is 11.6 Å². The number of nitro benzene ring substituents is 1. The molecule has 3 aromatic rings. The molecule has 9 nitrogen and oxygen atoms in total. The van der Waals surface area contributed by atoms with Gasteiger partial charge in [-0.1, -0.05) is 37.3 Å². The molecular weight excluding hydrogens is 420 g/mol. The molecule has 1 aliphatic heterocycles. The highest BCUT2D eigenvalue weighted by Crippen LogP contribution is 2.40. The molecule has 2 aromatic carbocycles. The normalized spacial score (nSPS) is 12.5. The molecule has 4 rings (SSSR count). The zero-order valence-electron chi connectivity index (χ0n) is 17.2. The highest BCUT2D eigenvalue weighted by molar-refractivity contribution is 7.22. The summed E-state index contributed by atoms with van der Waals surface area (Å²) >= 11 is 1.35. The predicted octanol–water partition coefficient (Wildman–Crippen LogP) is 3.92. The van der Waals surface area contributed by atoms with Crippen LogP contribution >= 0.6 is 11.3 Å². The van der Waals surface area contributed by atoms with Crippen LogP contribution in [0.3, 0.4) is 0 Å². The van der Waals surface area contributed by atoms with E-state index in [0.717, 1.165) is 17.8 Å². The molecule has 2 heterocycles. The van der Waals surface area contributed by atoms with Crippen LogP contribution in [0.4, 0.5) is 10.8 Å². The van der Waals surface area contributed by atoms with Crippen molar-refractivity contribution in [3.05, 3.63) is 52.1 Å². The van der Waals surface area contributed by atoms with Crippen LogP contribution in [-0.2, 0) is 0 Å². The van der Waals surface area contributed by atoms with E-state index in [1.54, 1.807) is 18.2 Å². The summed E-state index contributed by atoms with van der Waals surface area (Å²) in [6.45, 7) is 6.94. The Morgan fingerprint density at radius 1 is 1.16 bits per heavy atom. The first-order valence-corrected chi connectivity index (χ1v) is 10.8. The Morgan fingerprint density at radius 3 is 2.58 bits per heavy atom. The van der Waals surface area contributed by atoms with Crippen molar-refractivity contribution in [1.82, 2.24) is 9.88 Å². The predicted molar refractivity (Wildman–Crippen MR) is 118 cm³/mol. The number of nitrogens with zero attached hydrogens (tertiary/aromatic N) is 4. The van der Waals surface area contributed by atoms with Gasteiger partial charge in [-0.2, -0.15) is 0 Å². The molecule has 0 saturated carbocycles. The van der Waals surface area contributed by atoms with Crippen LogP contribution in [0.15, 0.2) is 36.4 Å². The number of ether oxygens (including phenoxy) is 2. The van der Waals surface area contributed by atoms with Crippen LogP contribution in [0.25, 0.3) is 10.2 Å². The summed E-state index contributed by atoms with van der Waals surface area (Å²) in [6, 6.07) is 9.63. The first-order chi connectivity index (χ1) is 15.0. The average Bonchev–Trinajstić information content (AvgIpc) is 3.40. The molecule has 1 aromatic heterocycles. The third kappa shape index (κ3) is 4.17. The van der Waals surface area contributed by atoms with Gasteiger partial charge in [0.15, 0.2) is 16.6 Å². The number of benzene rings is 2. The van der Waals surface area contributed by atoms with Crippen LogP contribution in [0.1, 0.15) is 24.2 Å². The first kappa shape index (κ1) is 21.0. The summed E-state index contributed by atoms with van der Waals surface area (Å²) in [5, 5.41) is 12.0. The molecule has 1 amide bonds. The number of anilines is 1. The van der Waals surface area contributed by atoms with E-state index in [4.69, 9.17) is 9.47 Å². The minimum absolute atomic E-state index is 0.0421. The molecule has 0 spiro atoms. The number of thiazole rings is 1. The number of carbonyl (C=O) groups excluding carboxylic acids is 1. The third-order valence-electron chi connectivity index (χ3n) is 5.21. The van der Waals surface area contributed by atoms with Crippen LogP contribution in [-0.4, -0.2) is 53.7 Å². The fourth-order valence-corrected chi connectivity index (χ4v) is 4.45. The van der Waals surface area contributed by atoms with Crippen molar-refractivity contribution < 1.29 is 19.2 Å². The van der Waals surface area contributed by atoms with Crippen molar-refractivity contribution in [2.24, 2.45) is 0 Å². The van der Waals surface area contributed by atoms with E-state index in [-0.39, 0.29) is 18.0 Å². The van der Waals surface area contributed by atoms with Crippen LogP contribution < -0.4 is 14.4 Å². The number of nitro groups is 1. The lowest BCUT2D eigenvalue weighted by molar-refractivity contribution is -0.385. The van der Waals surface area contributed by atoms with Gasteiger partial charge in [0, 0.05) is 31.3 Å². The van der Waals surface area contributed by atoms with Gasteiger partial charge in [0.05, 0.1) is 15.1 Å². The Bertz CT molecular complexity index is 1090. The van der Waals surface area contributed by atoms with E-state index in [2.05, 4.69) is 23.7 Å². The summed E-state index contributed by atoms with van der Waals surface area (Å²) in [5.74, 6) is 0.810. The highest BCUT2D eigenvalue weighted by atomic mass is 32.1. The molecule has 0 N–H and O–H groups in total. The number of rotatable bonds is 8. The molecule has 0 fully saturated rings. The maximum absolute atomic E-state index is 13.5. The van der Waals surface area contributed by atoms with Crippen molar-refractivity contribution in [2.45, 2.75) is 13.8 Å². The number of aromatic nitrogens is 1. The zero-order valence-corrected chi connectivity index (χ0v) is 18.1. The topological polar surface area (TPSA) is 98.0 Å². The van der Waals surface area contributed by atoms with Crippen molar-refractivity contribution in [1.29, 1.82) is 0 Å². The minimum Gasteiger partial charge on any atom is -0.454 e. The molecule has 0 radical (unpaired) electrons. The number of carbonyl (C=O) groups is 1. The lowest BCUT2D eigenvalue weighted by atomic mass is 10.1. The Labute approximate surface area is 183 Å². The van der Waals surface area contributed by atoms with Gasteiger partial charge >= 0.3 is 0 Å². The number of fused-ring (bicyclic) bond motifs is 2. The van der Waals surface area contributed by atoms with Gasteiger partial charge in [-0.15, -0.1) is 0 Å². The average molecular weight is 442 g/mol. The van der Waals surface area contributed by atoms with E-state index >= 15 is 0 Å². The van der Waals surface area contributed by atoms with E-state index in [1.165, 1.54) is 28.4 Å². The smallest absolute Gasteiger partial charge is 0.282 e. The van der Waals surface area contributed by atoms with Crippen molar-refractivity contribution >= 4 is 38.3 Å². The van der Waals surface area contributed by atoms with Gasteiger partial charge < -0.3 is 14.4 Å². The van der Waals surface area contributed by atoms with E-state index < -0.39 is 10.8 Å². The van der Waals surface area contributed by atoms with E-state index in [9.17, 15) is 14.9 Å². The Morgan fingerprint density at radius 2 is 1.87 bits per heavy atom. The standard InChI is InChI=1S/C21H22N4O5S/c1-3-23(4-2)9-10-24(20(26)14-7-5-6-8-16(14)25(27)28)21-22-15-11-17-18(30-13-29-17)12-19(15)31-21/h5-8,11-12H,3-4,9-10,13H2,1-2H3. The SMILES string of the molecule is CCN(CC)CCN(C(=O)c1ccccc1[N+](=O)[O-])c1nc2cc3c(cc2s1)OCO3. The van der Waals surface area contributed by atoms with Gasteiger partial charge in [-0.3, -0.25) is 19.8 Å². The number of likely N-dealkylation sites (N-methyl/N-ethyl adjacent to an activating group) is 1. The number of para-hydroxylation sites is 1. The summed E-state index contributed by atoms with van der Waals surface area (Å²) in [6.07, 6.45) is 0. The minimum atomic E-state index is -0.534. The second-order valence-corrected chi connectivity index (χ2v) is 7.94. The van der Waals surface area contributed by atoms with Crippen molar-refractivity contribution in [3.63, 3.8) is 0 Å². The van der Waals surface area contributed by atoms with Gasteiger partial charge in [0.2, 0.25) is 6.79 Å². The molecule has 1 aliphatic rings. The fourth-order valence-electron chi connectivity index (χ4n) is 3.45. The molecule has 31 heavy (non-hydrogen) atoms. The number of hydrogen-bond acceptors (Lipinski definition) is 8. The summed E-state index contributed by atoms with van der Waals surface area (Å²) in [5.41, 5.74) is 0.509. The van der Waals surface area contributed by atoms with Gasteiger partial charge in [-0.25, -0.2) is 4.98 Å². The Hall–Kier alpha value is -3.24. The summed E-state index contributed by atoms with van der Waals surface area (Å²) < 4.78 is 11.7. The molecule has 10 heteroatoms. The second-order valence-electron chi connectivity index (χ2n) is 6.93. The molecule has 0 atom stereocenters. The quantitative estimate of drug-likeness (QED) is 0.385. The molecular formula is C21H22N4O5S. The Balaban J connectivity index is 1.73. The van der Waals surface area contributed by atoms with Crippen LogP contribution in [0.2, 0.25) is 0 Å². The third-order valence-corrected chi connectivity index (χ3v) is 6.25. The maximum atomic E-state index is 13.5. The Kier molecular flexibility index (Phi) is 6.01. The van der Waals surface area contributed by atoms with E-state index in [0.29, 0.717) is 35.2 Å². The first-order valence-electron chi connectivity index (χ1n) is 9.99. The monoisotopic (exact) mass is 442 g/mol. The second kappa shape index (κ2) is 8.86. The fraction of sp³-hybridized carbons (Fsp3) is 0.333.